The number of anilines is 6. The molecular weight excluding hydrogens is 1550 g/mol. The fraction of sp³-hybridized carbons (Fsp3) is 0.0471. The SMILES string of the molecule is CCCCc1cc(I)cc(N2c3cc(C#N)ccc3B3c4ccc(C#N)cc4N(c4cc(I)cc(I)c4)c4cc(-c5ccc6c(c5)c5ccccc5n6-c5ccc(-c6nc(-c7ccccc7)cc(-c7ccccc7)n6)cc5-c5nc(-c6ccccc6)nc(-c6ccccc6)n5)cc2c43)c1. The zero-order chi connectivity index (χ0) is 66.8. The molecule has 2 aliphatic rings. The Morgan fingerprint density at radius 2 is 0.869 bits per heavy atom. The van der Waals surface area contributed by atoms with E-state index in [9.17, 15) is 10.5 Å². The van der Waals surface area contributed by atoms with Crippen LogP contribution < -0.4 is 26.2 Å². The van der Waals surface area contributed by atoms with E-state index < -0.39 is 0 Å². The lowest BCUT2D eigenvalue weighted by Crippen LogP contribution is -2.61. The van der Waals surface area contributed by atoms with Crippen molar-refractivity contribution in [2.45, 2.75) is 26.2 Å². The van der Waals surface area contributed by atoms with Crippen LogP contribution in [0.2, 0.25) is 0 Å². The lowest BCUT2D eigenvalue weighted by molar-refractivity contribution is 0.794. The van der Waals surface area contributed by atoms with Crippen molar-refractivity contribution in [2.75, 3.05) is 9.80 Å². The van der Waals surface area contributed by atoms with Crippen LogP contribution in [0, 0.1) is 33.4 Å². The van der Waals surface area contributed by atoms with Gasteiger partial charge in [-0.25, -0.2) is 24.9 Å². The van der Waals surface area contributed by atoms with Crippen LogP contribution >= 0.6 is 67.8 Å². The number of benzene rings is 12. The summed E-state index contributed by atoms with van der Waals surface area (Å²) in [5.74, 6) is 2.13. The van der Waals surface area contributed by atoms with Crippen LogP contribution in [0.25, 0.3) is 107 Å². The third kappa shape index (κ3) is 11.4. The summed E-state index contributed by atoms with van der Waals surface area (Å²) >= 11 is 7.33. The smallest absolute Gasteiger partial charge is 0.252 e. The van der Waals surface area contributed by atoms with Crippen molar-refractivity contribution in [2.24, 2.45) is 0 Å². The van der Waals surface area contributed by atoms with E-state index in [1.807, 2.05) is 115 Å². The lowest BCUT2D eigenvalue weighted by atomic mass is 9.33. The van der Waals surface area contributed by atoms with Crippen LogP contribution in [-0.2, 0) is 6.42 Å². The Hall–Kier alpha value is -10.6. The molecular formula is C85H54BI3N10. The maximum absolute atomic E-state index is 10.7. The molecule has 3 aromatic heterocycles. The molecule has 99 heavy (non-hydrogen) atoms. The molecule has 0 radical (unpaired) electrons. The van der Waals surface area contributed by atoms with E-state index in [0.717, 1.165) is 164 Å². The van der Waals surface area contributed by atoms with Gasteiger partial charge in [0.2, 0.25) is 0 Å². The highest BCUT2D eigenvalue weighted by molar-refractivity contribution is 14.1. The molecule has 0 atom stereocenters. The number of aryl methyl sites for hydroxylation is 1. The topological polar surface area (TPSA) is 123 Å². The molecule has 0 aliphatic carbocycles. The fourth-order valence-electron chi connectivity index (χ4n) is 14.3. The third-order valence-electron chi connectivity index (χ3n) is 18.8. The van der Waals surface area contributed by atoms with Gasteiger partial charge in [-0.3, -0.25) is 0 Å². The Morgan fingerprint density at radius 3 is 1.43 bits per heavy atom. The Bertz CT molecular complexity index is 5700. The number of halogens is 3. The summed E-state index contributed by atoms with van der Waals surface area (Å²) < 4.78 is 5.68. The summed E-state index contributed by atoms with van der Waals surface area (Å²) in [5.41, 5.74) is 23.3. The lowest BCUT2D eigenvalue weighted by Gasteiger charge is -2.44. The zero-order valence-corrected chi connectivity index (χ0v) is 59.8. The minimum absolute atomic E-state index is 0.241. The van der Waals surface area contributed by atoms with Crippen LogP contribution in [0.4, 0.5) is 34.1 Å². The summed E-state index contributed by atoms with van der Waals surface area (Å²) in [6.45, 7) is 2.00. The van der Waals surface area contributed by atoms with Gasteiger partial charge in [-0.2, -0.15) is 10.5 Å². The Labute approximate surface area is 614 Å². The molecule has 17 rings (SSSR count). The minimum atomic E-state index is -0.241. The third-order valence-corrected chi connectivity index (χ3v) is 20.6. The monoisotopic (exact) mass is 1610 g/mol. The van der Waals surface area contributed by atoms with Gasteiger partial charge in [0.05, 0.1) is 51.4 Å². The second kappa shape index (κ2) is 26.0. The predicted molar refractivity (Wildman–Crippen MR) is 428 cm³/mol. The van der Waals surface area contributed by atoms with Crippen molar-refractivity contribution >= 4 is 147 Å². The second-order valence-electron chi connectivity index (χ2n) is 24.9. The van der Waals surface area contributed by atoms with E-state index in [-0.39, 0.29) is 6.71 Å². The van der Waals surface area contributed by atoms with E-state index >= 15 is 0 Å². The molecule has 0 fully saturated rings. The molecule has 0 spiro atoms. The number of nitriles is 2. The summed E-state index contributed by atoms with van der Waals surface area (Å²) in [5, 5.41) is 23.5. The second-order valence-corrected chi connectivity index (χ2v) is 28.6. The molecule has 10 nitrogen and oxygen atoms in total. The maximum atomic E-state index is 10.7. The van der Waals surface area contributed by atoms with Gasteiger partial charge in [0, 0.05) is 89.0 Å². The van der Waals surface area contributed by atoms with Gasteiger partial charge in [0.1, 0.15) is 0 Å². The van der Waals surface area contributed by atoms with Crippen molar-refractivity contribution in [3.8, 4) is 97.0 Å². The van der Waals surface area contributed by atoms with Gasteiger partial charge in [-0.05, 0) is 229 Å². The molecule has 5 heterocycles. The molecule has 0 N–H and O–H groups in total. The highest BCUT2D eigenvalue weighted by Crippen LogP contribution is 2.49. The highest BCUT2D eigenvalue weighted by Gasteiger charge is 2.44. The Kier molecular flexibility index (Phi) is 16.3. The number of aromatic nitrogens is 6. The number of para-hydroxylation sites is 1. The molecule has 2 aliphatic heterocycles. The number of fused-ring (bicyclic) bond motifs is 7. The summed E-state index contributed by atoms with van der Waals surface area (Å²) in [6, 6.07) is 100. The molecule has 14 heteroatoms. The number of hydrogen-bond donors (Lipinski definition) is 0. The number of hydrogen-bond acceptors (Lipinski definition) is 9. The van der Waals surface area contributed by atoms with Gasteiger partial charge >= 0.3 is 0 Å². The molecule has 0 saturated heterocycles. The first-order valence-electron chi connectivity index (χ1n) is 32.8. The molecule has 0 saturated carbocycles. The first-order chi connectivity index (χ1) is 48.6. The Morgan fingerprint density at radius 1 is 0.374 bits per heavy atom. The van der Waals surface area contributed by atoms with Crippen LogP contribution in [0.5, 0.6) is 0 Å². The fourth-order valence-corrected chi connectivity index (χ4v) is 16.9. The first-order valence-corrected chi connectivity index (χ1v) is 36.0. The zero-order valence-electron chi connectivity index (χ0n) is 53.3. The maximum Gasteiger partial charge on any atom is 0.252 e. The normalized spacial score (nSPS) is 12.1. The van der Waals surface area contributed by atoms with Crippen LogP contribution in [0.3, 0.4) is 0 Å². The molecule has 0 amide bonds. The van der Waals surface area contributed by atoms with Crippen molar-refractivity contribution in [3.63, 3.8) is 0 Å². The molecule has 0 bridgehead atoms. The molecule has 12 aromatic carbocycles. The van der Waals surface area contributed by atoms with E-state index in [2.05, 4.69) is 259 Å². The average molecular weight is 1610 g/mol. The number of nitrogens with zero attached hydrogens (tertiary/aromatic N) is 10. The molecule has 468 valence electrons. The summed E-state index contributed by atoms with van der Waals surface area (Å²) in [6.07, 6.45) is 3.08. The van der Waals surface area contributed by atoms with Crippen molar-refractivity contribution in [1.29, 1.82) is 10.5 Å². The van der Waals surface area contributed by atoms with Crippen molar-refractivity contribution < 1.29 is 0 Å². The van der Waals surface area contributed by atoms with Crippen molar-refractivity contribution in [1.82, 2.24) is 29.5 Å². The molecule has 15 aromatic rings. The Balaban J connectivity index is 0.919. The van der Waals surface area contributed by atoms with E-state index in [4.69, 9.17) is 24.9 Å². The van der Waals surface area contributed by atoms with Gasteiger partial charge in [-0.1, -0.05) is 171 Å². The standard InChI is InChI=1S/C85H54BI3N10/c1-2-3-18-52-37-62(87)46-65(38-52)97-77-39-53(50-90)29-33-70(77)86-71-34-30-54(51-91)40-78(71)98(66-47-63(88)45-64(89)48-66)80-44-61(43-79(97)81(80)86)59-31-35-75-68(41-59)67-27-16-17-28-74(67)99(75)76-36-32-60(84-92-72(55-19-8-4-9-20-55)49-73(93-84)56-21-10-5-11-22-56)42-69(76)85-95-82(57-23-12-6-13-24-57)94-83(96-85)58-25-14-7-15-26-58/h4-17,19-49H,2-3,18H2,1H3. The predicted octanol–water partition coefficient (Wildman–Crippen LogP) is 20.4. The number of unbranched alkanes of at least 4 members (excludes halogenated alkanes) is 1. The van der Waals surface area contributed by atoms with Crippen LogP contribution in [-0.4, -0.2) is 36.2 Å². The minimum Gasteiger partial charge on any atom is -0.311 e. The highest BCUT2D eigenvalue weighted by atomic mass is 127. The molecule has 0 unspecified atom stereocenters. The van der Waals surface area contributed by atoms with Crippen LogP contribution in [0.15, 0.2) is 273 Å². The average Bonchev–Trinajstić information content (AvgIpc) is 1.16. The van der Waals surface area contributed by atoms with E-state index in [1.165, 1.54) is 5.56 Å². The largest absolute Gasteiger partial charge is 0.311 e. The van der Waals surface area contributed by atoms with Crippen molar-refractivity contribution in [3.05, 3.63) is 300 Å². The number of rotatable bonds is 13. The quantitative estimate of drug-likeness (QED) is 0.0820. The van der Waals surface area contributed by atoms with Gasteiger partial charge in [-0.15, -0.1) is 0 Å². The van der Waals surface area contributed by atoms with Gasteiger partial charge in [0.15, 0.2) is 23.3 Å². The summed E-state index contributed by atoms with van der Waals surface area (Å²) in [4.78, 5) is 31.5. The summed E-state index contributed by atoms with van der Waals surface area (Å²) in [7, 11) is 0. The van der Waals surface area contributed by atoms with Gasteiger partial charge < -0.3 is 14.4 Å². The van der Waals surface area contributed by atoms with Gasteiger partial charge in [0.25, 0.3) is 6.71 Å². The van der Waals surface area contributed by atoms with E-state index in [0.29, 0.717) is 34.4 Å². The van der Waals surface area contributed by atoms with Crippen LogP contribution in [0.1, 0.15) is 36.5 Å². The van der Waals surface area contributed by atoms with E-state index in [1.54, 1.807) is 0 Å². The first kappa shape index (κ1) is 61.9.